The molecule has 0 aliphatic rings. The van der Waals surface area contributed by atoms with Crippen molar-refractivity contribution in [1.82, 2.24) is 18.9 Å². The van der Waals surface area contributed by atoms with Crippen molar-refractivity contribution in [3.05, 3.63) is 134 Å². The molecule has 0 spiro atoms. The summed E-state index contributed by atoms with van der Waals surface area (Å²) in [4.78, 5) is 9.45. The van der Waals surface area contributed by atoms with E-state index in [0.717, 1.165) is 55.5 Å². The lowest BCUT2D eigenvalue weighted by molar-refractivity contribution is 0.484. The summed E-state index contributed by atoms with van der Waals surface area (Å²) in [7, 11) is 0. The Labute approximate surface area is 234 Å². The third-order valence-corrected chi connectivity index (χ3v) is 8.03. The maximum atomic E-state index is 6.54. The number of hydrogen-bond acceptors (Lipinski definition) is 3. The molecule has 0 bridgehead atoms. The molecule has 0 saturated heterocycles. The van der Waals surface area contributed by atoms with E-state index in [2.05, 4.69) is 105 Å². The number of ether oxygens (including phenoxy) is 1. The van der Waals surface area contributed by atoms with Crippen LogP contribution in [0.1, 0.15) is 0 Å². The van der Waals surface area contributed by atoms with Crippen LogP contribution < -0.4 is 4.74 Å². The summed E-state index contributed by atoms with van der Waals surface area (Å²) in [5.41, 5.74) is 5.38. The van der Waals surface area contributed by atoms with Crippen LogP contribution >= 0.6 is 0 Å². The van der Waals surface area contributed by atoms with E-state index in [1.54, 1.807) is 0 Å². The molecule has 0 aliphatic carbocycles. The van der Waals surface area contributed by atoms with Crippen LogP contribution in [0.5, 0.6) is 11.5 Å². The largest absolute Gasteiger partial charge is 0.457 e. The van der Waals surface area contributed by atoms with E-state index in [1.165, 1.54) is 21.7 Å². The minimum Gasteiger partial charge on any atom is -0.457 e. The molecule has 192 valence electrons. The van der Waals surface area contributed by atoms with E-state index in [4.69, 9.17) is 9.72 Å². The molecule has 4 aromatic carbocycles. The summed E-state index contributed by atoms with van der Waals surface area (Å²) in [5.74, 6) is 2.41. The molecule has 0 fully saturated rings. The number of benzene rings is 4. The van der Waals surface area contributed by atoms with Crippen LogP contribution in [0.3, 0.4) is 0 Å². The van der Waals surface area contributed by atoms with Crippen LogP contribution in [-0.2, 0) is 0 Å². The fourth-order valence-corrected chi connectivity index (χ4v) is 6.29. The van der Waals surface area contributed by atoms with Crippen molar-refractivity contribution in [2.24, 2.45) is 0 Å². The molecule has 5 heteroatoms. The molecule has 0 N–H and O–H groups in total. The normalized spacial score (nSPS) is 11.9. The van der Waals surface area contributed by atoms with Gasteiger partial charge in [0, 0.05) is 57.0 Å². The fourth-order valence-electron chi connectivity index (χ4n) is 6.29. The molecule has 5 heterocycles. The van der Waals surface area contributed by atoms with E-state index in [0.29, 0.717) is 0 Å². The highest BCUT2D eigenvalue weighted by Crippen LogP contribution is 2.38. The Morgan fingerprint density at radius 3 is 2.15 bits per heavy atom. The molecule has 9 aromatic rings. The van der Waals surface area contributed by atoms with Gasteiger partial charge < -0.3 is 9.14 Å². The average Bonchev–Trinajstić information content (AvgIpc) is 3.58. The van der Waals surface area contributed by atoms with E-state index < -0.39 is 0 Å². The Bertz CT molecular complexity index is 2450. The molecule has 0 aliphatic heterocycles. The molecule has 0 unspecified atom stereocenters. The quantitative estimate of drug-likeness (QED) is 0.216. The molecule has 41 heavy (non-hydrogen) atoms. The molecule has 0 atom stereocenters. The summed E-state index contributed by atoms with van der Waals surface area (Å²) >= 11 is 0. The van der Waals surface area contributed by atoms with Crippen molar-refractivity contribution in [1.29, 1.82) is 0 Å². The van der Waals surface area contributed by atoms with E-state index in [-0.39, 0.29) is 0 Å². The second-order valence-corrected chi connectivity index (χ2v) is 10.3. The van der Waals surface area contributed by atoms with Crippen LogP contribution in [0.2, 0.25) is 0 Å². The minimum absolute atomic E-state index is 0.767. The standard InChI is InChI=1S/C36H22N4O/c1-2-9-26-23(8-1)22-39-32-12-7-19-38-35(32)30-20-24(15-17-29(30)36(26)39)41-25-14-16-28-27-10-3-4-11-31(27)40(33(28)21-25)34-13-5-6-18-37-34/h1-22H. The van der Waals surface area contributed by atoms with Crippen molar-refractivity contribution in [3.63, 3.8) is 0 Å². The maximum Gasteiger partial charge on any atom is 0.137 e. The molecule has 0 saturated carbocycles. The van der Waals surface area contributed by atoms with Crippen LogP contribution in [0.25, 0.3) is 65.7 Å². The number of aromatic nitrogens is 4. The number of hydrogen-bond donors (Lipinski definition) is 0. The Balaban J connectivity index is 1.24. The zero-order valence-electron chi connectivity index (χ0n) is 21.9. The number of para-hydroxylation sites is 1. The maximum absolute atomic E-state index is 6.54. The number of fused-ring (bicyclic) bond motifs is 11. The molecular weight excluding hydrogens is 504 g/mol. The number of nitrogens with zero attached hydrogens (tertiary/aromatic N) is 4. The predicted octanol–water partition coefficient (Wildman–Crippen LogP) is 9.08. The van der Waals surface area contributed by atoms with Gasteiger partial charge in [0.1, 0.15) is 17.3 Å². The van der Waals surface area contributed by atoms with Crippen molar-refractivity contribution in [2.45, 2.75) is 0 Å². The third kappa shape index (κ3) is 3.23. The van der Waals surface area contributed by atoms with E-state index in [1.807, 2.05) is 42.7 Å². The monoisotopic (exact) mass is 526 g/mol. The van der Waals surface area contributed by atoms with Gasteiger partial charge in [0.05, 0.1) is 27.6 Å². The summed E-state index contributed by atoms with van der Waals surface area (Å²) in [6, 6.07) is 39.7. The lowest BCUT2D eigenvalue weighted by atomic mass is 10.1. The Hall–Kier alpha value is -5.68. The summed E-state index contributed by atoms with van der Waals surface area (Å²) in [6.07, 6.45) is 5.89. The van der Waals surface area contributed by atoms with Gasteiger partial charge in [-0.2, -0.15) is 0 Å². The van der Waals surface area contributed by atoms with Gasteiger partial charge in [-0.15, -0.1) is 0 Å². The Morgan fingerprint density at radius 2 is 1.24 bits per heavy atom. The fraction of sp³-hybridized carbons (Fsp3) is 0. The molecule has 9 rings (SSSR count). The Morgan fingerprint density at radius 1 is 0.512 bits per heavy atom. The first-order valence-electron chi connectivity index (χ1n) is 13.7. The van der Waals surface area contributed by atoms with Crippen LogP contribution in [-0.4, -0.2) is 18.9 Å². The summed E-state index contributed by atoms with van der Waals surface area (Å²) in [5, 5.41) is 7.00. The number of pyridine rings is 3. The average molecular weight is 527 g/mol. The summed E-state index contributed by atoms with van der Waals surface area (Å²) < 4.78 is 11.0. The highest BCUT2D eigenvalue weighted by Gasteiger charge is 2.16. The second-order valence-electron chi connectivity index (χ2n) is 10.3. The van der Waals surface area contributed by atoms with E-state index in [9.17, 15) is 0 Å². The van der Waals surface area contributed by atoms with Crippen LogP contribution in [0.15, 0.2) is 134 Å². The van der Waals surface area contributed by atoms with Gasteiger partial charge >= 0.3 is 0 Å². The number of rotatable bonds is 3. The predicted molar refractivity (Wildman–Crippen MR) is 166 cm³/mol. The van der Waals surface area contributed by atoms with Crippen molar-refractivity contribution < 1.29 is 4.74 Å². The van der Waals surface area contributed by atoms with Crippen LogP contribution in [0.4, 0.5) is 0 Å². The highest BCUT2D eigenvalue weighted by molar-refractivity contribution is 6.19. The van der Waals surface area contributed by atoms with E-state index >= 15 is 0 Å². The van der Waals surface area contributed by atoms with Crippen LogP contribution in [0, 0.1) is 0 Å². The zero-order valence-corrected chi connectivity index (χ0v) is 21.9. The summed E-state index contributed by atoms with van der Waals surface area (Å²) in [6.45, 7) is 0. The first kappa shape index (κ1) is 22.2. The minimum atomic E-state index is 0.767. The van der Waals surface area contributed by atoms with Gasteiger partial charge in [-0.25, -0.2) is 4.98 Å². The molecule has 0 radical (unpaired) electrons. The lowest BCUT2D eigenvalue weighted by Crippen LogP contribution is -1.96. The van der Waals surface area contributed by atoms with Gasteiger partial charge in [0.25, 0.3) is 0 Å². The lowest BCUT2D eigenvalue weighted by Gasteiger charge is -2.12. The first-order valence-corrected chi connectivity index (χ1v) is 13.7. The second kappa shape index (κ2) is 8.41. The van der Waals surface area contributed by atoms with Gasteiger partial charge in [-0.05, 0) is 60.7 Å². The smallest absolute Gasteiger partial charge is 0.137 e. The van der Waals surface area contributed by atoms with Crippen molar-refractivity contribution in [3.8, 4) is 17.3 Å². The van der Waals surface area contributed by atoms with Crippen molar-refractivity contribution in [2.75, 3.05) is 0 Å². The molecule has 5 nitrogen and oxygen atoms in total. The van der Waals surface area contributed by atoms with Gasteiger partial charge in [0.15, 0.2) is 0 Å². The first-order chi connectivity index (χ1) is 20.3. The zero-order chi connectivity index (χ0) is 26.9. The Kier molecular flexibility index (Phi) is 4.55. The van der Waals surface area contributed by atoms with Crippen molar-refractivity contribution >= 4 is 59.9 Å². The van der Waals surface area contributed by atoms with Gasteiger partial charge in [-0.1, -0.05) is 48.5 Å². The molecular formula is C36H22N4O. The van der Waals surface area contributed by atoms with Gasteiger partial charge in [0.2, 0.25) is 0 Å². The van der Waals surface area contributed by atoms with Gasteiger partial charge in [-0.3, -0.25) is 9.55 Å². The third-order valence-electron chi connectivity index (χ3n) is 8.03. The highest BCUT2D eigenvalue weighted by atomic mass is 16.5. The molecule has 0 amide bonds. The topological polar surface area (TPSA) is 44.4 Å². The SMILES string of the molecule is c1ccc(-n2c3ccccc3c3ccc(Oc4ccc5c(c4)c4ncccc4n4cc6ccccc6c54)cc32)nc1. The molecule has 5 aromatic heterocycles.